The fourth-order valence-corrected chi connectivity index (χ4v) is 4.80. The van der Waals surface area contributed by atoms with Crippen LogP contribution in [0.15, 0.2) is 39.4 Å². The van der Waals surface area contributed by atoms with Crippen molar-refractivity contribution in [2.45, 2.75) is 41.8 Å². The van der Waals surface area contributed by atoms with E-state index in [4.69, 9.17) is 22.1 Å². The van der Waals surface area contributed by atoms with E-state index in [0.717, 1.165) is 38.4 Å². The largest absolute Gasteiger partial charge is 0.376 e. The van der Waals surface area contributed by atoms with Gasteiger partial charge in [-0.2, -0.15) is 0 Å². The molecule has 2 aromatic rings. The maximum atomic E-state index is 11.6. The number of pyridine rings is 1. The number of aromatic nitrogens is 3. The monoisotopic (exact) mass is 407 g/mol. The summed E-state index contributed by atoms with van der Waals surface area (Å²) in [7, 11) is 0. The quantitative estimate of drug-likeness (QED) is 0.805. The molecule has 0 unspecified atom stereocenters. The summed E-state index contributed by atoms with van der Waals surface area (Å²) in [5.74, 6) is 0.853. The Bertz CT molecular complexity index is 867. The number of nitrogens with one attached hydrogen (secondary N) is 1. The molecule has 0 saturated carbocycles. The van der Waals surface area contributed by atoms with Gasteiger partial charge in [0.15, 0.2) is 0 Å². The van der Waals surface area contributed by atoms with Crippen LogP contribution < -0.4 is 16.2 Å². The van der Waals surface area contributed by atoms with Gasteiger partial charge in [0, 0.05) is 35.6 Å². The van der Waals surface area contributed by atoms with Crippen LogP contribution in [0.4, 0.5) is 5.82 Å². The Balaban J connectivity index is 1.41. The number of nitrogens with zero attached hydrogens (tertiary/aromatic N) is 3. The SMILES string of the molecule is C[C@@H]1OCC2(CCN(c3cnc(Sc4cc[nH]c(=O)c4Cl)cn3)CC2)[C@@H]1N. The molecular weight excluding hydrogens is 386 g/mol. The van der Waals surface area contributed by atoms with Gasteiger partial charge in [-0.15, -0.1) is 0 Å². The highest BCUT2D eigenvalue weighted by Crippen LogP contribution is 2.41. The van der Waals surface area contributed by atoms with Crippen LogP contribution in [-0.2, 0) is 4.74 Å². The first kappa shape index (κ1) is 18.7. The van der Waals surface area contributed by atoms with Crippen LogP contribution in [0.5, 0.6) is 0 Å². The number of piperidine rings is 1. The van der Waals surface area contributed by atoms with Crippen molar-refractivity contribution < 1.29 is 4.74 Å². The fourth-order valence-electron chi connectivity index (χ4n) is 3.81. The zero-order valence-corrected chi connectivity index (χ0v) is 16.6. The first-order valence-electron chi connectivity index (χ1n) is 8.98. The van der Waals surface area contributed by atoms with Crippen molar-refractivity contribution in [3.05, 3.63) is 40.0 Å². The lowest BCUT2D eigenvalue weighted by atomic mass is 9.73. The van der Waals surface area contributed by atoms with Gasteiger partial charge in [-0.25, -0.2) is 9.97 Å². The summed E-state index contributed by atoms with van der Waals surface area (Å²) >= 11 is 7.36. The van der Waals surface area contributed by atoms with Crippen molar-refractivity contribution in [2.24, 2.45) is 11.1 Å². The van der Waals surface area contributed by atoms with Gasteiger partial charge in [0.25, 0.3) is 5.56 Å². The summed E-state index contributed by atoms with van der Waals surface area (Å²) in [5.41, 5.74) is 6.16. The van der Waals surface area contributed by atoms with Crippen molar-refractivity contribution in [3.63, 3.8) is 0 Å². The molecule has 3 N–H and O–H groups in total. The van der Waals surface area contributed by atoms with Crippen LogP contribution in [0.25, 0.3) is 0 Å². The molecule has 4 heterocycles. The van der Waals surface area contributed by atoms with Crippen molar-refractivity contribution in [2.75, 3.05) is 24.6 Å². The number of halogens is 1. The average molecular weight is 408 g/mol. The van der Waals surface area contributed by atoms with Crippen molar-refractivity contribution >= 4 is 29.2 Å². The van der Waals surface area contributed by atoms with Crippen molar-refractivity contribution in [1.29, 1.82) is 0 Å². The second kappa shape index (κ2) is 7.43. The molecule has 2 fully saturated rings. The first-order valence-corrected chi connectivity index (χ1v) is 10.2. The summed E-state index contributed by atoms with van der Waals surface area (Å²) in [6.45, 7) is 4.59. The molecule has 0 amide bonds. The number of nitrogens with two attached hydrogens (primary N) is 1. The van der Waals surface area contributed by atoms with Crippen LogP contribution >= 0.6 is 23.4 Å². The van der Waals surface area contributed by atoms with Gasteiger partial charge in [-0.1, -0.05) is 23.4 Å². The summed E-state index contributed by atoms with van der Waals surface area (Å²) in [6.07, 6.45) is 7.19. The number of H-pyrrole nitrogens is 1. The van der Waals surface area contributed by atoms with E-state index in [1.54, 1.807) is 24.7 Å². The van der Waals surface area contributed by atoms with Crippen LogP contribution in [0.3, 0.4) is 0 Å². The van der Waals surface area contributed by atoms with Gasteiger partial charge in [0.1, 0.15) is 15.9 Å². The smallest absolute Gasteiger partial charge is 0.267 e. The fraction of sp³-hybridized carbons (Fsp3) is 0.500. The maximum Gasteiger partial charge on any atom is 0.267 e. The van der Waals surface area contributed by atoms with E-state index in [9.17, 15) is 4.79 Å². The van der Waals surface area contributed by atoms with Crippen LogP contribution in [0.2, 0.25) is 5.02 Å². The maximum absolute atomic E-state index is 11.6. The Hall–Kier alpha value is -1.61. The molecule has 4 rings (SSSR count). The highest BCUT2D eigenvalue weighted by atomic mass is 35.5. The zero-order valence-electron chi connectivity index (χ0n) is 15.0. The number of anilines is 1. The van der Waals surface area contributed by atoms with Gasteiger partial charge in [-0.05, 0) is 25.8 Å². The second-order valence-electron chi connectivity index (χ2n) is 7.19. The number of aromatic amines is 1. The van der Waals surface area contributed by atoms with Gasteiger partial charge >= 0.3 is 0 Å². The molecule has 2 aromatic heterocycles. The lowest BCUT2D eigenvalue weighted by Gasteiger charge is -2.41. The number of hydrogen-bond acceptors (Lipinski definition) is 7. The Kier molecular flexibility index (Phi) is 5.15. The average Bonchev–Trinajstić information content (AvgIpc) is 2.95. The predicted octanol–water partition coefficient (Wildman–Crippen LogP) is 2.30. The van der Waals surface area contributed by atoms with Gasteiger partial charge in [0.2, 0.25) is 0 Å². The molecule has 27 heavy (non-hydrogen) atoms. The first-order chi connectivity index (χ1) is 13.0. The third kappa shape index (κ3) is 3.59. The molecule has 0 bridgehead atoms. The molecular formula is C18H22ClN5O2S. The molecule has 144 valence electrons. The zero-order chi connectivity index (χ0) is 19.0. The highest BCUT2D eigenvalue weighted by molar-refractivity contribution is 7.99. The minimum Gasteiger partial charge on any atom is -0.376 e. The third-order valence-electron chi connectivity index (χ3n) is 5.62. The Morgan fingerprint density at radius 2 is 2.15 bits per heavy atom. The van der Waals surface area contributed by atoms with Crippen molar-refractivity contribution in [3.8, 4) is 0 Å². The molecule has 9 heteroatoms. The lowest BCUT2D eigenvalue weighted by molar-refractivity contribution is 0.0974. The molecule has 2 aliphatic heterocycles. The van der Waals surface area contributed by atoms with E-state index in [1.165, 1.54) is 11.8 Å². The van der Waals surface area contributed by atoms with E-state index >= 15 is 0 Å². The van der Waals surface area contributed by atoms with Gasteiger partial charge in [-0.3, -0.25) is 4.79 Å². The van der Waals surface area contributed by atoms with Crippen molar-refractivity contribution in [1.82, 2.24) is 15.0 Å². The van der Waals surface area contributed by atoms with E-state index in [2.05, 4.69) is 26.8 Å². The highest BCUT2D eigenvalue weighted by Gasteiger charge is 2.47. The molecule has 1 spiro atoms. The molecule has 2 saturated heterocycles. The minimum absolute atomic E-state index is 0.0935. The van der Waals surface area contributed by atoms with Gasteiger partial charge < -0.3 is 20.4 Å². The Morgan fingerprint density at radius 1 is 1.37 bits per heavy atom. The van der Waals surface area contributed by atoms with E-state index in [0.29, 0.717) is 9.92 Å². The van der Waals surface area contributed by atoms with E-state index in [1.807, 2.05) is 0 Å². The normalized spacial score (nSPS) is 24.5. The Morgan fingerprint density at radius 3 is 2.78 bits per heavy atom. The van der Waals surface area contributed by atoms with Crippen LogP contribution in [-0.4, -0.2) is 46.8 Å². The lowest BCUT2D eigenvalue weighted by Crippen LogP contribution is -2.50. The van der Waals surface area contributed by atoms with E-state index in [-0.39, 0.29) is 28.1 Å². The second-order valence-corrected chi connectivity index (χ2v) is 8.63. The number of hydrogen-bond donors (Lipinski definition) is 2. The standard InChI is InChI=1S/C18H22ClN5O2S/c1-11-16(20)18(10-26-11)3-6-24(7-4-18)13-8-23-14(9-22-13)27-12-2-5-21-17(25)15(12)19/h2,5,8-9,11,16H,3-4,6-7,10,20H2,1H3,(H,21,25)/t11-,16+/m0/s1. The topological polar surface area (TPSA) is 97.1 Å². The molecule has 7 nitrogen and oxygen atoms in total. The summed E-state index contributed by atoms with van der Waals surface area (Å²) in [5, 5.41) is 0.860. The predicted molar refractivity (Wildman–Crippen MR) is 105 cm³/mol. The van der Waals surface area contributed by atoms with Crippen LogP contribution in [0.1, 0.15) is 19.8 Å². The molecule has 2 atom stereocenters. The van der Waals surface area contributed by atoms with Gasteiger partial charge in [0.05, 0.1) is 25.1 Å². The summed E-state index contributed by atoms with van der Waals surface area (Å²) in [4.78, 5) is 26.0. The molecule has 0 radical (unpaired) electrons. The number of ether oxygens (including phenoxy) is 1. The Labute approximate surface area is 166 Å². The number of rotatable bonds is 3. The van der Waals surface area contributed by atoms with Crippen LogP contribution in [0, 0.1) is 5.41 Å². The molecule has 0 aliphatic carbocycles. The molecule has 0 aromatic carbocycles. The third-order valence-corrected chi connectivity index (χ3v) is 7.09. The molecule has 2 aliphatic rings. The minimum atomic E-state index is -0.308. The summed E-state index contributed by atoms with van der Waals surface area (Å²) in [6, 6.07) is 1.85. The summed E-state index contributed by atoms with van der Waals surface area (Å²) < 4.78 is 5.78. The van der Waals surface area contributed by atoms with E-state index < -0.39 is 0 Å².